The van der Waals surface area contributed by atoms with Crippen molar-refractivity contribution in [3.05, 3.63) is 106 Å². The number of amidine groups is 1. The normalized spacial score (nSPS) is 17.2. The van der Waals surface area contributed by atoms with E-state index in [1.165, 1.54) is 0 Å². The SMILES string of the molecule is CC1=C(C(=O)Nc2ccccc2)[C@H](c2ccc(NC(=O)c3ccc(Br)cc3)cc2)N2CCCSC2=N1. The summed E-state index contributed by atoms with van der Waals surface area (Å²) >= 11 is 5.12. The summed E-state index contributed by atoms with van der Waals surface area (Å²) in [6.45, 7) is 2.73. The molecule has 0 bridgehead atoms. The number of hydrogen-bond donors (Lipinski definition) is 2. The second-order valence-corrected chi connectivity index (χ2v) is 10.6. The van der Waals surface area contributed by atoms with Gasteiger partial charge in [0.2, 0.25) is 0 Å². The molecule has 0 radical (unpaired) electrons. The van der Waals surface area contributed by atoms with Crippen LogP contribution in [0.25, 0.3) is 0 Å². The minimum Gasteiger partial charge on any atom is -0.340 e. The number of rotatable bonds is 5. The van der Waals surface area contributed by atoms with E-state index in [1.54, 1.807) is 23.9 Å². The number of nitrogens with one attached hydrogen (secondary N) is 2. The minimum atomic E-state index is -0.259. The zero-order chi connectivity index (χ0) is 25.1. The van der Waals surface area contributed by atoms with Crippen LogP contribution in [-0.2, 0) is 4.79 Å². The summed E-state index contributed by atoms with van der Waals surface area (Å²) < 4.78 is 0.921. The highest BCUT2D eigenvalue weighted by molar-refractivity contribution is 9.10. The molecule has 0 unspecified atom stereocenters. The summed E-state index contributed by atoms with van der Waals surface area (Å²) in [5.41, 5.74) is 4.36. The van der Waals surface area contributed by atoms with Crippen molar-refractivity contribution in [3.63, 3.8) is 0 Å². The van der Waals surface area contributed by atoms with Gasteiger partial charge in [-0.3, -0.25) is 9.59 Å². The van der Waals surface area contributed by atoms with E-state index in [2.05, 4.69) is 31.5 Å². The molecule has 1 atom stereocenters. The molecule has 2 aliphatic heterocycles. The Morgan fingerprint density at radius 2 is 1.58 bits per heavy atom. The number of hydrogen-bond acceptors (Lipinski definition) is 5. The van der Waals surface area contributed by atoms with E-state index in [0.717, 1.165) is 45.3 Å². The standard InChI is InChI=1S/C28H25BrN4O2S/c1-18-24(27(35)32-22-6-3-2-4-7-22)25(33-16-5-17-36-28(33)30-18)19-10-14-23(15-11-19)31-26(34)20-8-12-21(29)13-9-20/h2-4,6-15,25H,5,16-17H2,1H3,(H,31,34)(H,32,35)/t25-/m0/s1. The number of benzene rings is 3. The smallest absolute Gasteiger partial charge is 0.255 e. The number of halogens is 1. The number of amides is 2. The second-order valence-electron chi connectivity index (χ2n) is 8.59. The number of para-hydroxylation sites is 1. The first kappa shape index (κ1) is 24.3. The predicted molar refractivity (Wildman–Crippen MR) is 150 cm³/mol. The third-order valence-electron chi connectivity index (χ3n) is 6.13. The highest BCUT2D eigenvalue weighted by Crippen LogP contribution is 2.40. The molecule has 1 fully saturated rings. The van der Waals surface area contributed by atoms with Crippen LogP contribution in [0, 0.1) is 0 Å². The number of carbonyl (C=O) groups excluding carboxylic acids is 2. The number of nitrogens with zero attached hydrogens (tertiary/aromatic N) is 2. The van der Waals surface area contributed by atoms with Gasteiger partial charge >= 0.3 is 0 Å². The molecule has 0 aromatic heterocycles. The first-order chi connectivity index (χ1) is 17.5. The van der Waals surface area contributed by atoms with E-state index in [-0.39, 0.29) is 17.9 Å². The van der Waals surface area contributed by atoms with Gasteiger partial charge < -0.3 is 15.5 Å². The lowest BCUT2D eigenvalue weighted by Crippen LogP contribution is -2.43. The Morgan fingerprint density at radius 3 is 2.31 bits per heavy atom. The Morgan fingerprint density at radius 1 is 0.917 bits per heavy atom. The van der Waals surface area contributed by atoms with Crippen LogP contribution >= 0.6 is 27.7 Å². The fraction of sp³-hybridized carbons (Fsp3) is 0.179. The van der Waals surface area contributed by atoms with Gasteiger partial charge in [-0.15, -0.1) is 0 Å². The van der Waals surface area contributed by atoms with Gasteiger partial charge in [-0.05, 0) is 67.4 Å². The lowest BCUT2D eigenvalue weighted by Gasteiger charge is -2.40. The van der Waals surface area contributed by atoms with Crippen molar-refractivity contribution < 1.29 is 9.59 Å². The van der Waals surface area contributed by atoms with Crippen LogP contribution in [0.1, 0.15) is 35.3 Å². The molecule has 5 rings (SSSR count). The van der Waals surface area contributed by atoms with Gasteiger partial charge in [-0.2, -0.15) is 0 Å². The molecular weight excluding hydrogens is 536 g/mol. The van der Waals surface area contributed by atoms with E-state index in [4.69, 9.17) is 4.99 Å². The maximum Gasteiger partial charge on any atom is 0.255 e. The summed E-state index contributed by atoms with van der Waals surface area (Å²) in [7, 11) is 0. The third-order valence-corrected chi connectivity index (χ3v) is 7.73. The summed E-state index contributed by atoms with van der Waals surface area (Å²) in [6.07, 6.45) is 1.02. The molecule has 0 spiro atoms. The molecule has 3 aromatic rings. The minimum absolute atomic E-state index is 0.158. The van der Waals surface area contributed by atoms with Gasteiger partial charge in [0.05, 0.1) is 17.3 Å². The van der Waals surface area contributed by atoms with Crippen LogP contribution in [0.3, 0.4) is 0 Å². The number of allylic oxidation sites excluding steroid dienone is 1. The average Bonchev–Trinajstić information content (AvgIpc) is 2.89. The maximum atomic E-state index is 13.5. The molecule has 8 heteroatoms. The van der Waals surface area contributed by atoms with E-state index in [1.807, 2.05) is 73.7 Å². The Labute approximate surface area is 223 Å². The lowest BCUT2D eigenvalue weighted by molar-refractivity contribution is -0.113. The van der Waals surface area contributed by atoms with E-state index in [9.17, 15) is 9.59 Å². The molecular formula is C28H25BrN4O2S. The van der Waals surface area contributed by atoms with Crippen molar-refractivity contribution in [2.24, 2.45) is 4.99 Å². The molecule has 0 aliphatic carbocycles. The van der Waals surface area contributed by atoms with Crippen LogP contribution in [-0.4, -0.2) is 34.2 Å². The molecule has 1 saturated heterocycles. The van der Waals surface area contributed by atoms with Crippen LogP contribution in [0.5, 0.6) is 0 Å². The molecule has 2 amide bonds. The van der Waals surface area contributed by atoms with E-state index in [0.29, 0.717) is 16.8 Å². The van der Waals surface area contributed by atoms with Crippen molar-refractivity contribution in [1.29, 1.82) is 0 Å². The monoisotopic (exact) mass is 560 g/mol. The molecule has 2 heterocycles. The largest absolute Gasteiger partial charge is 0.340 e. The number of anilines is 2. The zero-order valence-corrected chi connectivity index (χ0v) is 22.1. The number of thioether (sulfide) groups is 1. The van der Waals surface area contributed by atoms with Gasteiger partial charge in [0.25, 0.3) is 11.8 Å². The van der Waals surface area contributed by atoms with E-state index < -0.39 is 0 Å². The molecule has 3 aromatic carbocycles. The van der Waals surface area contributed by atoms with Gasteiger partial charge in [-0.1, -0.05) is 58.0 Å². The van der Waals surface area contributed by atoms with Crippen molar-refractivity contribution in [2.75, 3.05) is 22.9 Å². The fourth-order valence-electron chi connectivity index (χ4n) is 4.38. The lowest BCUT2D eigenvalue weighted by atomic mass is 9.93. The van der Waals surface area contributed by atoms with Crippen molar-refractivity contribution >= 4 is 56.0 Å². The van der Waals surface area contributed by atoms with Crippen LogP contribution < -0.4 is 10.6 Å². The quantitative estimate of drug-likeness (QED) is 0.375. The first-order valence-corrected chi connectivity index (χ1v) is 13.5. The average molecular weight is 562 g/mol. The number of carbonyl (C=O) groups is 2. The maximum absolute atomic E-state index is 13.5. The van der Waals surface area contributed by atoms with E-state index >= 15 is 0 Å². The Bertz CT molecular complexity index is 1340. The number of fused-ring (bicyclic) bond motifs is 1. The Hall–Kier alpha value is -3.36. The highest BCUT2D eigenvalue weighted by Gasteiger charge is 2.37. The van der Waals surface area contributed by atoms with Crippen molar-refractivity contribution in [1.82, 2.24) is 4.90 Å². The molecule has 182 valence electrons. The highest BCUT2D eigenvalue weighted by atomic mass is 79.9. The summed E-state index contributed by atoms with van der Waals surface area (Å²) in [5.74, 6) is 0.685. The summed E-state index contributed by atoms with van der Waals surface area (Å²) in [4.78, 5) is 33.1. The zero-order valence-electron chi connectivity index (χ0n) is 19.7. The Kier molecular flexibility index (Phi) is 7.25. The number of aliphatic imine (C=N–C) groups is 1. The van der Waals surface area contributed by atoms with Gasteiger partial charge in [0.1, 0.15) is 0 Å². The first-order valence-electron chi connectivity index (χ1n) is 11.7. The van der Waals surface area contributed by atoms with Gasteiger partial charge in [-0.25, -0.2) is 4.99 Å². The molecule has 0 saturated carbocycles. The van der Waals surface area contributed by atoms with Crippen LogP contribution in [0.15, 0.2) is 99.6 Å². The van der Waals surface area contributed by atoms with Crippen molar-refractivity contribution in [3.8, 4) is 0 Å². The van der Waals surface area contributed by atoms with Gasteiger partial charge in [0.15, 0.2) is 5.17 Å². The molecule has 2 N–H and O–H groups in total. The van der Waals surface area contributed by atoms with Crippen LogP contribution in [0.4, 0.5) is 11.4 Å². The molecule has 6 nitrogen and oxygen atoms in total. The topological polar surface area (TPSA) is 73.8 Å². The fourth-order valence-corrected chi connectivity index (χ4v) is 5.66. The second kappa shape index (κ2) is 10.7. The van der Waals surface area contributed by atoms with Crippen molar-refractivity contribution in [2.45, 2.75) is 19.4 Å². The summed E-state index contributed by atoms with van der Waals surface area (Å²) in [6, 6.07) is 24.2. The Balaban J connectivity index is 1.42. The summed E-state index contributed by atoms with van der Waals surface area (Å²) in [5, 5.41) is 6.94. The molecule has 36 heavy (non-hydrogen) atoms. The molecule has 2 aliphatic rings. The third kappa shape index (κ3) is 5.24. The van der Waals surface area contributed by atoms with Gasteiger partial charge in [0, 0.05) is 33.7 Å². The predicted octanol–water partition coefficient (Wildman–Crippen LogP) is 6.46. The van der Waals surface area contributed by atoms with Crippen LogP contribution in [0.2, 0.25) is 0 Å².